The number of aliphatic carboxylic acids is 1. The Kier molecular flexibility index (Phi) is 5.23. The van der Waals surface area contributed by atoms with E-state index in [0.29, 0.717) is 19.0 Å². The molecular formula is C14H25N3O3. The van der Waals surface area contributed by atoms with E-state index in [9.17, 15) is 14.7 Å². The highest BCUT2D eigenvalue weighted by molar-refractivity contribution is 5.76. The van der Waals surface area contributed by atoms with Crippen LogP contribution in [0.5, 0.6) is 0 Å². The zero-order chi connectivity index (χ0) is 14.5. The average Bonchev–Trinajstić information content (AvgIpc) is 2.82. The van der Waals surface area contributed by atoms with Crippen molar-refractivity contribution >= 4 is 12.0 Å². The molecule has 2 rings (SSSR count). The van der Waals surface area contributed by atoms with E-state index in [1.165, 1.54) is 6.42 Å². The Hall–Kier alpha value is -1.30. The van der Waals surface area contributed by atoms with E-state index in [1.54, 1.807) is 0 Å². The normalized spacial score (nSPS) is 30.9. The number of nitrogens with one attached hydrogen (secondary N) is 2. The molecule has 0 aromatic rings. The van der Waals surface area contributed by atoms with E-state index in [4.69, 9.17) is 0 Å². The zero-order valence-corrected chi connectivity index (χ0v) is 12.1. The van der Waals surface area contributed by atoms with Gasteiger partial charge in [-0.3, -0.25) is 4.79 Å². The van der Waals surface area contributed by atoms with Gasteiger partial charge in [-0.05, 0) is 39.3 Å². The Morgan fingerprint density at radius 1 is 1.20 bits per heavy atom. The molecule has 6 heteroatoms. The molecule has 0 spiro atoms. The number of hydrogen-bond donors (Lipinski definition) is 3. The van der Waals surface area contributed by atoms with E-state index in [2.05, 4.69) is 22.6 Å². The van der Waals surface area contributed by atoms with E-state index in [-0.39, 0.29) is 12.1 Å². The van der Waals surface area contributed by atoms with Crippen LogP contribution in [0.4, 0.5) is 4.79 Å². The van der Waals surface area contributed by atoms with Gasteiger partial charge in [0.05, 0.1) is 5.92 Å². The Morgan fingerprint density at radius 3 is 2.60 bits per heavy atom. The lowest BCUT2D eigenvalue weighted by molar-refractivity contribution is -0.143. The lowest BCUT2D eigenvalue weighted by Gasteiger charge is -2.29. The minimum absolute atomic E-state index is 0.233. The lowest BCUT2D eigenvalue weighted by Crippen LogP contribution is -2.50. The molecule has 2 amide bonds. The van der Waals surface area contributed by atoms with Crippen molar-refractivity contribution < 1.29 is 14.7 Å². The molecule has 1 aliphatic heterocycles. The Labute approximate surface area is 119 Å². The predicted octanol–water partition coefficient (Wildman–Crippen LogP) is 1.02. The van der Waals surface area contributed by atoms with Crippen LogP contribution in [0, 0.1) is 5.92 Å². The number of amides is 2. The van der Waals surface area contributed by atoms with Crippen LogP contribution in [0.15, 0.2) is 0 Å². The molecule has 0 bridgehead atoms. The van der Waals surface area contributed by atoms with Crippen LogP contribution in [0.2, 0.25) is 0 Å². The smallest absolute Gasteiger partial charge is 0.315 e. The highest BCUT2D eigenvalue weighted by atomic mass is 16.4. The highest BCUT2D eigenvalue weighted by Gasteiger charge is 2.32. The maximum Gasteiger partial charge on any atom is 0.315 e. The van der Waals surface area contributed by atoms with Gasteiger partial charge in [-0.15, -0.1) is 0 Å². The number of likely N-dealkylation sites (tertiary alicyclic amines) is 1. The predicted molar refractivity (Wildman–Crippen MR) is 75.6 cm³/mol. The van der Waals surface area contributed by atoms with E-state index >= 15 is 0 Å². The first-order chi connectivity index (χ1) is 9.58. The monoisotopic (exact) mass is 283 g/mol. The molecule has 0 aromatic carbocycles. The number of carbonyl (C=O) groups excluding carboxylic acids is 1. The molecule has 6 nitrogen and oxygen atoms in total. The van der Waals surface area contributed by atoms with Gasteiger partial charge in [0, 0.05) is 18.6 Å². The molecule has 20 heavy (non-hydrogen) atoms. The molecule has 0 aromatic heterocycles. The second-order valence-corrected chi connectivity index (χ2v) is 5.97. The summed E-state index contributed by atoms with van der Waals surface area (Å²) in [6.45, 7) is 1.71. The number of rotatable bonds is 4. The first-order valence-electron chi connectivity index (χ1n) is 7.55. The van der Waals surface area contributed by atoms with Gasteiger partial charge < -0.3 is 20.6 Å². The van der Waals surface area contributed by atoms with E-state index < -0.39 is 11.9 Å². The lowest BCUT2D eigenvalue weighted by atomic mass is 9.84. The van der Waals surface area contributed by atoms with Crippen molar-refractivity contribution in [3.63, 3.8) is 0 Å². The van der Waals surface area contributed by atoms with Crippen molar-refractivity contribution in [3.8, 4) is 0 Å². The molecule has 1 saturated carbocycles. The second-order valence-electron chi connectivity index (χ2n) is 5.97. The first-order valence-corrected chi connectivity index (χ1v) is 7.55. The van der Waals surface area contributed by atoms with Crippen LogP contribution in [0.3, 0.4) is 0 Å². The minimum Gasteiger partial charge on any atom is -0.481 e. The Morgan fingerprint density at radius 2 is 1.95 bits per heavy atom. The SMILES string of the molecule is CN1CCCC1CNC(=O)NC1CCCCC1C(=O)O. The topological polar surface area (TPSA) is 81.7 Å². The number of likely N-dealkylation sites (N-methyl/N-ethyl adjacent to an activating group) is 1. The van der Waals surface area contributed by atoms with Crippen molar-refractivity contribution in [3.05, 3.63) is 0 Å². The Balaban J connectivity index is 1.76. The van der Waals surface area contributed by atoms with Gasteiger partial charge in [0.1, 0.15) is 0 Å². The number of urea groups is 1. The van der Waals surface area contributed by atoms with Gasteiger partial charge in [0.2, 0.25) is 0 Å². The minimum atomic E-state index is -0.800. The van der Waals surface area contributed by atoms with Gasteiger partial charge >= 0.3 is 12.0 Å². The fourth-order valence-corrected chi connectivity index (χ4v) is 3.27. The number of hydrogen-bond acceptors (Lipinski definition) is 3. The molecule has 3 N–H and O–H groups in total. The van der Waals surface area contributed by atoms with Gasteiger partial charge in [0.25, 0.3) is 0 Å². The third-order valence-electron chi connectivity index (χ3n) is 4.57. The number of carboxylic acids is 1. The van der Waals surface area contributed by atoms with Crippen LogP contribution < -0.4 is 10.6 Å². The molecule has 2 aliphatic rings. The third-order valence-corrected chi connectivity index (χ3v) is 4.57. The summed E-state index contributed by atoms with van der Waals surface area (Å²) >= 11 is 0. The number of nitrogens with zero attached hydrogens (tertiary/aromatic N) is 1. The van der Waals surface area contributed by atoms with Gasteiger partial charge in [-0.25, -0.2) is 4.79 Å². The van der Waals surface area contributed by atoms with Gasteiger partial charge in [-0.2, -0.15) is 0 Å². The molecule has 3 unspecified atom stereocenters. The van der Waals surface area contributed by atoms with Crippen LogP contribution >= 0.6 is 0 Å². The van der Waals surface area contributed by atoms with Gasteiger partial charge in [0.15, 0.2) is 0 Å². The summed E-state index contributed by atoms with van der Waals surface area (Å²) in [5.74, 6) is -1.24. The molecule has 114 valence electrons. The van der Waals surface area contributed by atoms with Crippen LogP contribution in [0.1, 0.15) is 38.5 Å². The molecule has 3 atom stereocenters. The Bertz CT molecular complexity index is 362. The molecule has 1 saturated heterocycles. The fraction of sp³-hybridized carbons (Fsp3) is 0.857. The first kappa shape index (κ1) is 15.1. The summed E-state index contributed by atoms with van der Waals surface area (Å²) in [4.78, 5) is 25.3. The average molecular weight is 283 g/mol. The second kappa shape index (κ2) is 6.92. The molecular weight excluding hydrogens is 258 g/mol. The zero-order valence-electron chi connectivity index (χ0n) is 12.1. The summed E-state index contributed by atoms with van der Waals surface area (Å²) in [5.41, 5.74) is 0. The molecule has 1 heterocycles. The summed E-state index contributed by atoms with van der Waals surface area (Å²) in [7, 11) is 2.07. The van der Waals surface area contributed by atoms with Gasteiger partial charge in [-0.1, -0.05) is 12.8 Å². The van der Waals surface area contributed by atoms with E-state index in [1.807, 2.05) is 0 Å². The van der Waals surface area contributed by atoms with Crippen LogP contribution in [-0.2, 0) is 4.79 Å². The quantitative estimate of drug-likeness (QED) is 0.719. The third kappa shape index (κ3) is 3.85. The number of carbonyl (C=O) groups is 2. The summed E-state index contributed by atoms with van der Waals surface area (Å²) in [5, 5.41) is 14.9. The van der Waals surface area contributed by atoms with Crippen molar-refractivity contribution in [2.45, 2.75) is 50.6 Å². The summed E-state index contributed by atoms with van der Waals surface area (Å²) < 4.78 is 0. The van der Waals surface area contributed by atoms with Crippen LogP contribution in [0.25, 0.3) is 0 Å². The maximum absolute atomic E-state index is 11.9. The van der Waals surface area contributed by atoms with Crippen molar-refractivity contribution in [1.82, 2.24) is 15.5 Å². The molecule has 1 aliphatic carbocycles. The molecule has 2 fully saturated rings. The van der Waals surface area contributed by atoms with Crippen molar-refractivity contribution in [2.24, 2.45) is 5.92 Å². The van der Waals surface area contributed by atoms with Crippen molar-refractivity contribution in [2.75, 3.05) is 20.1 Å². The standard InChI is InChI=1S/C14H25N3O3/c1-17-8-4-5-10(17)9-15-14(20)16-12-7-3-2-6-11(12)13(18)19/h10-12H,2-9H2,1H3,(H,18,19)(H2,15,16,20). The van der Waals surface area contributed by atoms with E-state index in [0.717, 1.165) is 32.2 Å². The maximum atomic E-state index is 11.9. The largest absolute Gasteiger partial charge is 0.481 e. The fourth-order valence-electron chi connectivity index (χ4n) is 3.27. The highest BCUT2D eigenvalue weighted by Crippen LogP contribution is 2.24. The number of carboxylic acid groups (broad SMARTS) is 1. The summed E-state index contributed by atoms with van der Waals surface area (Å²) in [6, 6.07) is -0.0617. The molecule has 0 radical (unpaired) electrons. The van der Waals surface area contributed by atoms with Crippen molar-refractivity contribution in [1.29, 1.82) is 0 Å². The summed E-state index contributed by atoms with van der Waals surface area (Å²) in [6.07, 6.45) is 5.62. The van der Waals surface area contributed by atoms with Crippen LogP contribution in [-0.4, -0.2) is 54.2 Å².